The van der Waals surface area contributed by atoms with Crippen molar-refractivity contribution < 1.29 is 9.59 Å². The highest BCUT2D eigenvalue weighted by Gasteiger charge is 2.55. The lowest BCUT2D eigenvalue weighted by molar-refractivity contribution is -0.151. The van der Waals surface area contributed by atoms with Crippen LogP contribution in [0.1, 0.15) is 84.1 Å². The Morgan fingerprint density at radius 1 is 0.970 bits per heavy atom. The molecule has 4 bridgehead atoms. The highest BCUT2D eigenvalue weighted by molar-refractivity contribution is 6.30. The molecule has 1 aromatic carbocycles. The second kappa shape index (κ2) is 9.60. The fourth-order valence-corrected chi connectivity index (χ4v) is 7.69. The number of hydrogen-bond acceptors (Lipinski definition) is 2. The van der Waals surface area contributed by atoms with Crippen molar-refractivity contribution in [2.24, 2.45) is 29.1 Å². The van der Waals surface area contributed by atoms with Crippen LogP contribution in [0.15, 0.2) is 24.3 Å². The van der Waals surface area contributed by atoms with Crippen LogP contribution in [0.25, 0.3) is 0 Å². The Labute approximate surface area is 204 Å². The molecule has 1 saturated heterocycles. The maximum Gasteiger partial charge on any atom is 0.245 e. The number of carbonyl (C=O) groups is 2. The van der Waals surface area contributed by atoms with Gasteiger partial charge in [-0.15, -0.1) is 0 Å². The molecule has 6 rings (SSSR count). The van der Waals surface area contributed by atoms with Crippen LogP contribution in [0, 0.1) is 29.1 Å². The Bertz CT molecular complexity index is 822. The van der Waals surface area contributed by atoms with E-state index in [1.165, 1.54) is 24.8 Å². The summed E-state index contributed by atoms with van der Waals surface area (Å²) >= 11 is 6.03. The number of likely N-dealkylation sites (tertiary alicyclic amines) is 1. The predicted octanol–water partition coefficient (Wildman–Crippen LogP) is 6.04. The number of carbonyl (C=O) groups excluding carboxylic acids is 2. The average Bonchev–Trinajstić information content (AvgIpc) is 2.76. The van der Waals surface area contributed by atoms with Gasteiger partial charge in [-0.2, -0.15) is 0 Å². The lowest BCUT2D eigenvalue weighted by atomic mass is 9.49. The number of piperidine rings is 1. The van der Waals surface area contributed by atoms with E-state index in [1.54, 1.807) is 0 Å². The zero-order valence-electron chi connectivity index (χ0n) is 19.5. The van der Waals surface area contributed by atoms with Gasteiger partial charge in [-0.1, -0.05) is 45.0 Å². The number of halogens is 1. The first-order valence-corrected chi connectivity index (χ1v) is 13.1. The second-order valence-corrected chi connectivity index (χ2v) is 12.0. The molecule has 5 fully saturated rings. The molecule has 4 nitrogen and oxygen atoms in total. The van der Waals surface area contributed by atoms with Gasteiger partial charge in [-0.3, -0.25) is 9.59 Å². The first-order valence-electron chi connectivity index (χ1n) is 12.7. The van der Waals surface area contributed by atoms with Crippen LogP contribution in [0.2, 0.25) is 5.02 Å². The van der Waals surface area contributed by atoms with Gasteiger partial charge < -0.3 is 10.2 Å². The molecule has 2 amide bonds. The van der Waals surface area contributed by atoms with E-state index in [4.69, 9.17) is 11.6 Å². The van der Waals surface area contributed by atoms with E-state index in [0.717, 1.165) is 68.0 Å². The third kappa shape index (κ3) is 4.83. The molecule has 5 aliphatic rings. The average molecular weight is 473 g/mol. The van der Waals surface area contributed by atoms with E-state index >= 15 is 0 Å². The van der Waals surface area contributed by atoms with Crippen LogP contribution >= 0.6 is 11.6 Å². The van der Waals surface area contributed by atoms with Gasteiger partial charge in [0.05, 0.1) is 0 Å². The van der Waals surface area contributed by atoms with E-state index < -0.39 is 6.04 Å². The SMILES string of the molecule is C.CC(C)[C@@H](NC(=O)C12CC3CC(CC(C3)C1)C2)C(=O)N1CCC(c2ccc(Cl)cc2)CC1. The zero-order valence-corrected chi connectivity index (χ0v) is 20.2. The molecule has 0 aromatic heterocycles. The molecule has 33 heavy (non-hydrogen) atoms. The number of nitrogens with one attached hydrogen (secondary N) is 1. The van der Waals surface area contributed by atoms with E-state index in [9.17, 15) is 9.59 Å². The summed E-state index contributed by atoms with van der Waals surface area (Å²) in [5, 5.41) is 4.03. The van der Waals surface area contributed by atoms with Gasteiger partial charge in [-0.25, -0.2) is 0 Å². The zero-order chi connectivity index (χ0) is 22.5. The monoisotopic (exact) mass is 472 g/mol. The molecule has 1 atom stereocenters. The summed E-state index contributed by atoms with van der Waals surface area (Å²) in [5.41, 5.74) is 1.10. The van der Waals surface area contributed by atoms with Gasteiger partial charge in [0.25, 0.3) is 0 Å². The lowest BCUT2D eigenvalue weighted by Crippen LogP contribution is -2.59. The minimum absolute atomic E-state index is 0. The Morgan fingerprint density at radius 3 is 1.97 bits per heavy atom. The molecule has 0 spiro atoms. The lowest BCUT2D eigenvalue weighted by Gasteiger charge is -2.56. The van der Waals surface area contributed by atoms with Crippen molar-refractivity contribution in [3.63, 3.8) is 0 Å². The topological polar surface area (TPSA) is 49.4 Å². The largest absolute Gasteiger partial charge is 0.344 e. The van der Waals surface area contributed by atoms with Crippen molar-refractivity contribution in [3.8, 4) is 0 Å². The Morgan fingerprint density at radius 2 is 1.48 bits per heavy atom. The summed E-state index contributed by atoms with van der Waals surface area (Å²) in [5.74, 6) is 3.02. The van der Waals surface area contributed by atoms with Crippen LogP contribution in [-0.4, -0.2) is 35.8 Å². The number of hydrogen-bond donors (Lipinski definition) is 1. The van der Waals surface area contributed by atoms with Gasteiger partial charge in [0.15, 0.2) is 0 Å². The fourth-order valence-electron chi connectivity index (χ4n) is 7.56. The molecule has 1 aromatic rings. The van der Waals surface area contributed by atoms with Crippen LogP contribution < -0.4 is 5.32 Å². The molecule has 5 heteroatoms. The van der Waals surface area contributed by atoms with Crippen molar-refractivity contribution in [3.05, 3.63) is 34.9 Å². The quantitative estimate of drug-likeness (QED) is 0.567. The summed E-state index contributed by atoms with van der Waals surface area (Å²) < 4.78 is 0. The van der Waals surface area contributed by atoms with Crippen molar-refractivity contribution in [2.45, 2.75) is 84.6 Å². The van der Waals surface area contributed by atoms with Crippen molar-refractivity contribution >= 4 is 23.4 Å². The molecule has 4 aliphatic carbocycles. The maximum atomic E-state index is 13.6. The highest BCUT2D eigenvalue weighted by atomic mass is 35.5. The van der Waals surface area contributed by atoms with Crippen molar-refractivity contribution in [1.82, 2.24) is 10.2 Å². The third-order valence-electron chi connectivity index (χ3n) is 8.89. The molecule has 182 valence electrons. The Hall–Kier alpha value is -1.55. The summed E-state index contributed by atoms with van der Waals surface area (Å²) in [6.45, 7) is 5.62. The summed E-state index contributed by atoms with van der Waals surface area (Å²) in [6.07, 6.45) is 9.00. The number of benzene rings is 1. The molecule has 1 aliphatic heterocycles. The molecule has 0 unspecified atom stereocenters. The van der Waals surface area contributed by atoms with Crippen LogP contribution in [0.4, 0.5) is 0 Å². The fraction of sp³-hybridized carbons (Fsp3) is 0.714. The van der Waals surface area contributed by atoms with Crippen molar-refractivity contribution in [2.75, 3.05) is 13.1 Å². The number of rotatable bonds is 5. The normalized spacial score (nSPS) is 31.9. The van der Waals surface area contributed by atoms with Crippen LogP contribution in [0.5, 0.6) is 0 Å². The minimum atomic E-state index is -0.414. The van der Waals surface area contributed by atoms with Crippen LogP contribution in [-0.2, 0) is 9.59 Å². The molecular formula is C28H41ClN2O2. The van der Waals surface area contributed by atoms with E-state index in [1.807, 2.05) is 17.0 Å². The first-order chi connectivity index (χ1) is 15.3. The summed E-state index contributed by atoms with van der Waals surface area (Å²) in [7, 11) is 0. The van der Waals surface area contributed by atoms with Gasteiger partial charge >= 0.3 is 0 Å². The van der Waals surface area contributed by atoms with Crippen molar-refractivity contribution in [1.29, 1.82) is 0 Å². The molecule has 0 radical (unpaired) electrons. The smallest absolute Gasteiger partial charge is 0.245 e. The summed E-state index contributed by atoms with van der Waals surface area (Å²) in [4.78, 5) is 29.0. The third-order valence-corrected chi connectivity index (χ3v) is 9.14. The molecule has 1 heterocycles. The first kappa shape index (κ1) is 24.6. The van der Waals surface area contributed by atoms with E-state index in [2.05, 4.69) is 31.3 Å². The Kier molecular flexibility index (Phi) is 7.15. The second-order valence-electron chi connectivity index (χ2n) is 11.5. The standard InChI is InChI=1S/C27H37ClN2O2.CH4/c1-17(2)24(29-26(32)27-14-18-11-19(15-27)13-20(12-18)16-27)25(31)30-9-7-22(8-10-30)21-3-5-23(28)6-4-21;/h3-6,17-20,22,24H,7-16H2,1-2H3,(H,29,32);1H4/t18?,19?,20?,24-,27?;/m1./s1. The summed E-state index contributed by atoms with van der Waals surface area (Å²) in [6, 6.07) is 7.69. The van der Waals surface area contributed by atoms with Crippen LogP contribution in [0.3, 0.4) is 0 Å². The number of amides is 2. The molecule has 4 saturated carbocycles. The van der Waals surface area contributed by atoms with E-state index in [-0.39, 0.29) is 30.6 Å². The van der Waals surface area contributed by atoms with Gasteiger partial charge in [-0.05, 0) is 98.7 Å². The minimum Gasteiger partial charge on any atom is -0.344 e. The molecule has 1 N–H and O–H groups in total. The molecular weight excluding hydrogens is 432 g/mol. The number of nitrogens with zero attached hydrogens (tertiary/aromatic N) is 1. The Balaban J connectivity index is 0.00000259. The van der Waals surface area contributed by atoms with Gasteiger partial charge in [0, 0.05) is 23.5 Å². The predicted molar refractivity (Wildman–Crippen MR) is 134 cm³/mol. The van der Waals surface area contributed by atoms with E-state index in [0.29, 0.717) is 5.92 Å². The maximum absolute atomic E-state index is 13.6. The van der Waals surface area contributed by atoms with Gasteiger partial charge in [0.2, 0.25) is 11.8 Å². The highest BCUT2D eigenvalue weighted by Crippen LogP contribution is 2.60. The van der Waals surface area contributed by atoms with Gasteiger partial charge in [0.1, 0.15) is 6.04 Å².